The summed E-state index contributed by atoms with van der Waals surface area (Å²) < 4.78 is 0. The molecule has 0 bridgehead atoms. The highest BCUT2D eigenvalue weighted by Crippen LogP contribution is 2.10. The van der Waals surface area contributed by atoms with Crippen LogP contribution in [-0.4, -0.2) is 0 Å². The molecule has 0 atom stereocenters. The molecule has 0 aromatic heterocycles. The minimum atomic E-state index is 1.22. The fourth-order valence-electron chi connectivity index (χ4n) is 0.895. The lowest BCUT2D eigenvalue weighted by Crippen LogP contribution is -1.74. The molecule has 0 heterocycles. The van der Waals surface area contributed by atoms with Crippen molar-refractivity contribution in [2.24, 2.45) is 0 Å². The van der Waals surface area contributed by atoms with Crippen LogP contribution in [0.15, 0.2) is 29.5 Å². The molecular weight excluding hydrogens is 108 g/mol. The van der Waals surface area contributed by atoms with Crippen molar-refractivity contribution in [2.75, 3.05) is 0 Å². The quantitative estimate of drug-likeness (QED) is 0.502. The van der Waals surface area contributed by atoms with E-state index in [0.29, 0.717) is 0 Å². The molecule has 0 aromatic carbocycles. The van der Waals surface area contributed by atoms with E-state index in [2.05, 4.69) is 24.8 Å². The average molecular weight is 120 g/mol. The predicted molar refractivity (Wildman–Crippen MR) is 40.3 cm³/mol. The van der Waals surface area contributed by atoms with E-state index in [9.17, 15) is 0 Å². The Bertz CT molecular complexity index is 166. The van der Waals surface area contributed by atoms with Gasteiger partial charge in [-0.25, -0.2) is 0 Å². The van der Waals surface area contributed by atoms with Crippen LogP contribution in [0.25, 0.3) is 0 Å². The van der Waals surface area contributed by atoms with Gasteiger partial charge in [-0.05, 0) is 30.6 Å². The van der Waals surface area contributed by atoms with E-state index in [0.717, 1.165) is 0 Å². The Kier molecular flexibility index (Phi) is 2.35. The maximum absolute atomic E-state index is 3.04. The van der Waals surface area contributed by atoms with Gasteiger partial charge >= 0.3 is 0 Å². The molecule has 0 aromatic rings. The first-order valence-corrected chi connectivity index (χ1v) is 3.55. The molecule has 0 radical (unpaired) electrons. The maximum atomic E-state index is 3.04. The van der Waals surface area contributed by atoms with Gasteiger partial charge in [0.25, 0.3) is 0 Å². The van der Waals surface area contributed by atoms with E-state index in [-0.39, 0.29) is 0 Å². The van der Waals surface area contributed by atoms with Crippen LogP contribution in [0.1, 0.15) is 26.2 Å². The first-order chi connectivity index (χ1) is 4.43. The number of allylic oxidation sites excluding steroid dienone is 3. The summed E-state index contributed by atoms with van der Waals surface area (Å²) in [6, 6.07) is 0. The van der Waals surface area contributed by atoms with Gasteiger partial charge in [0.05, 0.1) is 0 Å². The molecule has 9 heavy (non-hydrogen) atoms. The third-order valence-electron chi connectivity index (χ3n) is 1.48. The van der Waals surface area contributed by atoms with Gasteiger partial charge < -0.3 is 0 Å². The molecule has 1 rings (SSSR count). The Hall–Kier alpha value is -0.740. The minimum Gasteiger partial charge on any atom is -0.121 e. The summed E-state index contributed by atoms with van der Waals surface area (Å²) in [7, 11) is 0. The lowest BCUT2D eigenvalue weighted by atomic mass is 10.1. The summed E-state index contributed by atoms with van der Waals surface area (Å²) in [5, 5.41) is 0. The zero-order valence-electron chi connectivity index (χ0n) is 5.85. The predicted octanol–water partition coefficient (Wildman–Crippen LogP) is 2.83. The lowest BCUT2D eigenvalue weighted by molar-refractivity contribution is 0.799. The second-order valence-corrected chi connectivity index (χ2v) is 2.32. The average Bonchev–Trinajstić information content (AvgIpc) is 2.34. The van der Waals surface area contributed by atoms with Gasteiger partial charge in [0.15, 0.2) is 0 Å². The van der Waals surface area contributed by atoms with Crippen LogP contribution in [0.2, 0.25) is 0 Å². The van der Waals surface area contributed by atoms with E-state index < -0.39 is 0 Å². The molecule has 1 aliphatic rings. The van der Waals surface area contributed by atoms with Gasteiger partial charge in [0.2, 0.25) is 0 Å². The highest BCUT2D eigenvalue weighted by molar-refractivity contribution is 5.29. The molecule has 0 fully saturated rings. The van der Waals surface area contributed by atoms with Crippen LogP contribution in [0.5, 0.6) is 0 Å². The molecule has 48 valence electrons. The van der Waals surface area contributed by atoms with Crippen molar-refractivity contribution in [2.45, 2.75) is 26.2 Å². The van der Waals surface area contributed by atoms with E-state index in [1.807, 2.05) is 6.08 Å². The Balaban J connectivity index is 2.23. The summed E-state index contributed by atoms with van der Waals surface area (Å²) in [5.41, 5.74) is 4.47. The van der Waals surface area contributed by atoms with Crippen molar-refractivity contribution < 1.29 is 0 Å². The Morgan fingerprint density at radius 3 is 3.00 bits per heavy atom. The number of rotatable bonds is 3. The summed E-state index contributed by atoms with van der Waals surface area (Å²) >= 11 is 0. The molecule has 0 spiro atoms. The number of hydrogen-bond acceptors (Lipinski definition) is 0. The fourth-order valence-corrected chi connectivity index (χ4v) is 0.895. The molecule has 0 amide bonds. The molecule has 0 nitrogen and oxygen atoms in total. The largest absolute Gasteiger partial charge is 0.121 e. The minimum absolute atomic E-state index is 1.22. The van der Waals surface area contributed by atoms with Gasteiger partial charge in [-0.1, -0.05) is 19.4 Å². The van der Waals surface area contributed by atoms with Crippen LogP contribution in [0.3, 0.4) is 0 Å². The van der Waals surface area contributed by atoms with Crippen molar-refractivity contribution in [1.29, 1.82) is 0 Å². The van der Waals surface area contributed by atoms with Crippen molar-refractivity contribution in [3.05, 3.63) is 29.5 Å². The van der Waals surface area contributed by atoms with Crippen LogP contribution in [-0.2, 0) is 0 Å². The van der Waals surface area contributed by atoms with Gasteiger partial charge in [-0.2, -0.15) is 0 Å². The van der Waals surface area contributed by atoms with Crippen LogP contribution < -0.4 is 0 Å². The smallest absolute Gasteiger partial charge is 0.0167 e. The molecule has 0 aliphatic heterocycles. The summed E-state index contributed by atoms with van der Waals surface area (Å²) in [6.07, 6.45) is 9.99. The number of hydrogen-bond donors (Lipinski definition) is 0. The second kappa shape index (κ2) is 3.32. The molecule has 0 N–H and O–H groups in total. The highest BCUT2D eigenvalue weighted by atomic mass is 14.0. The third-order valence-corrected chi connectivity index (χ3v) is 1.48. The molecule has 0 heteroatoms. The van der Waals surface area contributed by atoms with Gasteiger partial charge in [0, 0.05) is 0 Å². The lowest BCUT2D eigenvalue weighted by Gasteiger charge is -1.93. The summed E-state index contributed by atoms with van der Waals surface area (Å²) in [5.74, 6) is 0. The van der Waals surface area contributed by atoms with Crippen LogP contribution in [0, 0.1) is 0 Å². The molecule has 1 aliphatic carbocycles. The van der Waals surface area contributed by atoms with Crippen LogP contribution >= 0.6 is 0 Å². The van der Waals surface area contributed by atoms with Crippen molar-refractivity contribution in [3.8, 4) is 0 Å². The fraction of sp³-hybridized carbons (Fsp3) is 0.444. The number of unbranched alkanes of at least 4 members (excludes halogenated alkanes) is 1. The highest BCUT2D eigenvalue weighted by Gasteiger charge is 1.91. The second-order valence-electron chi connectivity index (χ2n) is 2.32. The maximum Gasteiger partial charge on any atom is -0.0167 e. The van der Waals surface area contributed by atoms with E-state index >= 15 is 0 Å². The van der Waals surface area contributed by atoms with Gasteiger partial charge in [0.1, 0.15) is 0 Å². The SMILES string of the molecule is CCCCC1=CC=C=C1. The topological polar surface area (TPSA) is 0 Å². The van der Waals surface area contributed by atoms with Crippen molar-refractivity contribution >= 4 is 0 Å². The summed E-state index contributed by atoms with van der Waals surface area (Å²) in [4.78, 5) is 0. The monoisotopic (exact) mass is 120 g/mol. The zero-order valence-corrected chi connectivity index (χ0v) is 5.85. The Morgan fingerprint density at radius 1 is 1.56 bits per heavy atom. The summed E-state index contributed by atoms with van der Waals surface area (Å²) in [6.45, 7) is 2.21. The van der Waals surface area contributed by atoms with Gasteiger partial charge in [-0.3, -0.25) is 0 Å². The first kappa shape index (κ1) is 6.38. The molecule has 0 unspecified atom stereocenters. The molecular formula is C9H12. The first-order valence-electron chi connectivity index (χ1n) is 3.55. The standard InChI is InChI=1S/C9H12/c1-2-3-6-9-7-4-5-8-9/h4,7-8H,2-3,6H2,1H3. The van der Waals surface area contributed by atoms with E-state index in [4.69, 9.17) is 0 Å². The normalized spacial score (nSPS) is 14.6. The van der Waals surface area contributed by atoms with Gasteiger partial charge in [-0.15, -0.1) is 5.73 Å². The van der Waals surface area contributed by atoms with Crippen molar-refractivity contribution in [1.82, 2.24) is 0 Å². The Labute approximate surface area is 56.6 Å². The third kappa shape index (κ3) is 1.91. The molecule has 0 saturated carbocycles. The molecule has 0 saturated heterocycles. The van der Waals surface area contributed by atoms with Crippen LogP contribution in [0.4, 0.5) is 0 Å². The Morgan fingerprint density at radius 2 is 2.44 bits per heavy atom. The van der Waals surface area contributed by atoms with Crippen molar-refractivity contribution in [3.63, 3.8) is 0 Å². The zero-order chi connectivity index (χ0) is 6.53. The van der Waals surface area contributed by atoms with E-state index in [1.54, 1.807) is 0 Å². The van der Waals surface area contributed by atoms with E-state index in [1.165, 1.54) is 24.8 Å².